The van der Waals surface area contributed by atoms with Crippen LogP contribution in [-0.2, 0) is 4.79 Å². The van der Waals surface area contributed by atoms with E-state index in [1.54, 1.807) is 5.38 Å². The number of rotatable bonds is 5. The second-order valence-electron chi connectivity index (χ2n) is 5.76. The van der Waals surface area contributed by atoms with E-state index in [9.17, 15) is 9.59 Å². The Morgan fingerprint density at radius 3 is 2.53 bits per heavy atom. The molecule has 1 heterocycles. The molecule has 1 unspecified atom stereocenters. The van der Waals surface area contributed by atoms with Crippen molar-refractivity contribution in [2.45, 2.75) is 34.1 Å². The SMILES string of the molecule is Cc1nc(C(=O)NCC(CC(C)(C)C)C(=O)O)cs1. The molecular formula is C13H20N2O3S. The monoisotopic (exact) mass is 284 g/mol. The van der Waals surface area contributed by atoms with Crippen LogP contribution in [0.15, 0.2) is 5.38 Å². The van der Waals surface area contributed by atoms with Gasteiger partial charge in [0.05, 0.1) is 10.9 Å². The van der Waals surface area contributed by atoms with Gasteiger partial charge in [0.15, 0.2) is 0 Å². The number of aromatic nitrogens is 1. The molecule has 19 heavy (non-hydrogen) atoms. The molecule has 0 aliphatic rings. The van der Waals surface area contributed by atoms with Gasteiger partial charge in [-0.2, -0.15) is 0 Å². The Kier molecular flexibility index (Phi) is 5.05. The van der Waals surface area contributed by atoms with Gasteiger partial charge in [0, 0.05) is 11.9 Å². The lowest BCUT2D eigenvalue weighted by atomic mass is 9.84. The zero-order valence-electron chi connectivity index (χ0n) is 11.7. The number of aryl methyl sites for hydroxylation is 1. The minimum absolute atomic E-state index is 0.0923. The second kappa shape index (κ2) is 6.14. The van der Waals surface area contributed by atoms with Crippen molar-refractivity contribution >= 4 is 23.2 Å². The minimum Gasteiger partial charge on any atom is -0.481 e. The first-order chi connectivity index (χ1) is 8.69. The maximum Gasteiger partial charge on any atom is 0.308 e. The molecule has 0 fully saturated rings. The van der Waals surface area contributed by atoms with Crippen molar-refractivity contribution < 1.29 is 14.7 Å². The first kappa shape index (κ1) is 15.6. The number of aliphatic carboxylic acids is 1. The third-order valence-corrected chi connectivity index (χ3v) is 3.34. The molecule has 2 N–H and O–H groups in total. The first-order valence-corrected chi connectivity index (χ1v) is 7.00. The Bertz CT molecular complexity index is 463. The average molecular weight is 284 g/mol. The number of carbonyl (C=O) groups is 2. The van der Waals surface area contributed by atoms with Crippen molar-refractivity contribution in [1.82, 2.24) is 10.3 Å². The van der Waals surface area contributed by atoms with E-state index in [4.69, 9.17) is 5.11 Å². The Balaban J connectivity index is 2.57. The summed E-state index contributed by atoms with van der Waals surface area (Å²) in [5.74, 6) is -1.78. The van der Waals surface area contributed by atoms with Gasteiger partial charge in [-0.05, 0) is 18.8 Å². The molecule has 0 saturated heterocycles. The highest BCUT2D eigenvalue weighted by Crippen LogP contribution is 2.24. The minimum atomic E-state index is -0.885. The largest absolute Gasteiger partial charge is 0.481 e. The first-order valence-electron chi connectivity index (χ1n) is 6.12. The summed E-state index contributed by atoms with van der Waals surface area (Å²) in [4.78, 5) is 27.0. The van der Waals surface area contributed by atoms with Gasteiger partial charge < -0.3 is 10.4 Å². The number of nitrogens with zero attached hydrogens (tertiary/aromatic N) is 1. The molecule has 0 saturated carbocycles. The summed E-state index contributed by atoms with van der Waals surface area (Å²) in [6.45, 7) is 7.89. The lowest BCUT2D eigenvalue weighted by molar-refractivity contribution is -0.142. The third kappa shape index (κ3) is 5.38. The fraction of sp³-hybridized carbons (Fsp3) is 0.615. The van der Waals surface area contributed by atoms with E-state index < -0.39 is 11.9 Å². The standard InChI is InChI=1S/C13H20N2O3S/c1-8-15-10(7-19-8)11(16)14-6-9(12(17)18)5-13(2,3)4/h7,9H,5-6H2,1-4H3,(H,14,16)(H,17,18). The van der Waals surface area contributed by atoms with Crippen molar-refractivity contribution in [3.05, 3.63) is 16.1 Å². The van der Waals surface area contributed by atoms with Crippen molar-refractivity contribution in [3.63, 3.8) is 0 Å². The van der Waals surface area contributed by atoms with Crippen LogP contribution >= 0.6 is 11.3 Å². The lowest BCUT2D eigenvalue weighted by Gasteiger charge is -2.23. The summed E-state index contributed by atoms with van der Waals surface area (Å²) in [5, 5.41) is 14.3. The van der Waals surface area contributed by atoms with Gasteiger partial charge >= 0.3 is 5.97 Å². The summed E-state index contributed by atoms with van der Waals surface area (Å²) >= 11 is 1.40. The van der Waals surface area contributed by atoms with Crippen LogP contribution in [0.5, 0.6) is 0 Å². The van der Waals surface area contributed by atoms with Crippen LogP contribution in [0.2, 0.25) is 0 Å². The Hall–Kier alpha value is -1.43. The predicted molar refractivity (Wildman–Crippen MR) is 74.4 cm³/mol. The van der Waals surface area contributed by atoms with E-state index in [1.807, 2.05) is 27.7 Å². The average Bonchev–Trinajstić information content (AvgIpc) is 2.68. The molecule has 5 nitrogen and oxygen atoms in total. The summed E-state index contributed by atoms with van der Waals surface area (Å²) in [7, 11) is 0. The van der Waals surface area contributed by atoms with Crippen molar-refractivity contribution in [2.75, 3.05) is 6.54 Å². The van der Waals surface area contributed by atoms with Gasteiger partial charge in [-0.15, -0.1) is 11.3 Å². The second-order valence-corrected chi connectivity index (χ2v) is 6.82. The van der Waals surface area contributed by atoms with Crippen molar-refractivity contribution in [2.24, 2.45) is 11.3 Å². The van der Waals surface area contributed by atoms with Gasteiger partial charge in [-0.3, -0.25) is 9.59 Å². The molecule has 106 valence electrons. The molecule has 1 rings (SSSR count). The van der Waals surface area contributed by atoms with Gasteiger partial charge in [-0.1, -0.05) is 20.8 Å². The highest BCUT2D eigenvalue weighted by atomic mass is 32.1. The van der Waals surface area contributed by atoms with Crippen LogP contribution < -0.4 is 5.32 Å². The van der Waals surface area contributed by atoms with E-state index in [-0.39, 0.29) is 17.9 Å². The number of nitrogens with one attached hydrogen (secondary N) is 1. The molecule has 0 aromatic carbocycles. The Morgan fingerprint density at radius 2 is 2.11 bits per heavy atom. The molecule has 0 bridgehead atoms. The van der Waals surface area contributed by atoms with Crippen LogP contribution in [0.4, 0.5) is 0 Å². The fourth-order valence-electron chi connectivity index (χ4n) is 1.76. The number of carboxylic acid groups (broad SMARTS) is 1. The molecule has 6 heteroatoms. The highest BCUT2D eigenvalue weighted by molar-refractivity contribution is 7.09. The summed E-state index contributed by atoms with van der Waals surface area (Å²) in [5.41, 5.74) is 0.257. The topological polar surface area (TPSA) is 79.3 Å². The van der Waals surface area contributed by atoms with Crippen LogP contribution in [-0.4, -0.2) is 28.5 Å². The summed E-state index contributed by atoms with van der Waals surface area (Å²) in [6.07, 6.45) is 0.513. The van der Waals surface area contributed by atoms with Gasteiger partial charge in [0.1, 0.15) is 5.69 Å². The molecule has 1 aromatic heterocycles. The molecule has 0 radical (unpaired) electrons. The van der Waals surface area contributed by atoms with E-state index in [0.29, 0.717) is 12.1 Å². The number of carbonyl (C=O) groups excluding carboxylic acids is 1. The fourth-order valence-corrected chi connectivity index (χ4v) is 2.35. The van der Waals surface area contributed by atoms with Crippen LogP contribution in [0.1, 0.15) is 42.7 Å². The summed E-state index contributed by atoms with van der Waals surface area (Å²) < 4.78 is 0. The number of carboxylic acids is 1. The number of hydrogen-bond acceptors (Lipinski definition) is 4. The molecule has 1 aromatic rings. The quantitative estimate of drug-likeness (QED) is 0.869. The maximum absolute atomic E-state index is 11.8. The van der Waals surface area contributed by atoms with Crippen LogP contribution in [0, 0.1) is 18.3 Å². The number of amides is 1. The normalized spacial score (nSPS) is 13.1. The zero-order chi connectivity index (χ0) is 14.6. The van der Waals surface area contributed by atoms with Crippen molar-refractivity contribution in [3.8, 4) is 0 Å². The third-order valence-electron chi connectivity index (χ3n) is 2.57. The zero-order valence-corrected chi connectivity index (χ0v) is 12.5. The molecular weight excluding hydrogens is 264 g/mol. The van der Waals surface area contributed by atoms with Crippen molar-refractivity contribution in [1.29, 1.82) is 0 Å². The van der Waals surface area contributed by atoms with E-state index in [1.165, 1.54) is 11.3 Å². The summed E-state index contributed by atoms with van der Waals surface area (Å²) in [6, 6.07) is 0. The molecule has 0 aliphatic heterocycles. The Labute approximate surface area is 117 Å². The van der Waals surface area contributed by atoms with Crippen LogP contribution in [0.3, 0.4) is 0 Å². The van der Waals surface area contributed by atoms with Gasteiger partial charge in [-0.25, -0.2) is 4.98 Å². The van der Waals surface area contributed by atoms with Crippen LogP contribution in [0.25, 0.3) is 0 Å². The lowest BCUT2D eigenvalue weighted by Crippen LogP contribution is -2.35. The predicted octanol–water partition coefficient (Wildman–Crippen LogP) is 2.32. The number of hydrogen-bond donors (Lipinski definition) is 2. The molecule has 0 aliphatic carbocycles. The molecule has 1 atom stereocenters. The van der Waals surface area contributed by atoms with Gasteiger partial charge in [0.25, 0.3) is 5.91 Å². The van der Waals surface area contributed by atoms with E-state index >= 15 is 0 Å². The maximum atomic E-state index is 11.8. The van der Waals surface area contributed by atoms with Gasteiger partial charge in [0.2, 0.25) is 0 Å². The van der Waals surface area contributed by atoms with E-state index in [0.717, 1.165) is 5.01 Å². The van der Waals surface area contributed by atoms with E-state index in [2.05, 4.69) is 10.3 Å². The smallest absolute Gasteiger partial charge is 0.308 e. The highest BCUT2D eigenvalue weighted by Gasteiger charge is 2.25. The Morgan fingerprint density at radius 1 is 1.47 bits per heavy atom. The molecule has 0 spiro atoms. The number of thiazole rings is 1. The molecule has 1 amide bonds.